The van der Waals surface area contributed by atoms with E-state index >= 15 is 0 Å². The molecule has 112 valence electrons. The van der Waals surface area contributed by atoms with E-state index in [4.69, 9.17) is 9.47 Å². The van der Waals surface area contributed by atoms with Gasteiger partial charge in [0.05, 0.1) is 19.8 Å². The standard InChI is InChI=1S/C10H17F3N2O4/c1-18-5-3-15(4-6-19-2)8(16)7-14-9(17)10(11,12)13/h3-7H2,1-2H3,(H,14,17). The molecule has 0 atom stereocenters. The van der Waals surface area contributed by atoms with Gasteiger partial charge in [-0.2, -0.15) is 13.2 Å². The van der Waals surface area contributed by atoms with Gasteiger partial charge in [-0.15, -0.1) is 0 Å². The van der Waals surface area contributed by atoms with Crippen LogP contribution in [0.4, 0.5) is 13.2 Å². The molecular formula is C10H17F3N2O4. The van der Waals surface area contributed by atoms with Crippen LogP contribution in [0, 0.1) is 0 Å². The average molecular weight is 286 g/mol. The molecule has 6 nitrogen and oxygen atoms in total. The van der Waals surface area contributed by atoms with Crippen LogP contribution < -0.4 is 5.32 Å². The molecule has 1 N–H and O–H groups in total. The zero-order valence-corrected chi connectivity index (χ0v) is 10.7. The van der Waals surface area contributed by atoms with E-state index < -0.39 is 24.5 Å². The average Bonchev–Trinajstić information content (AvgIpc) is 2.34. The van der Waals surface area contributed by atoms with E-state index in [1.165, 1.54) is 24.4 Å². The highest BCUT2D eigenvalue weighted by molar-refractivity contribution is 5.87. The number of nitrogens with one attached hydrogen (secondary N) is 1. The summed E-state index contributed by atoms with van der Waals surface area (Å²) in [6.07, 6.45) is -5.00. The van der Waals surface area contributed by atoms with Crippen LogP contribution in [0.2, 0.25) is 0 Å². The summed E-state index contributed by atoms with van der Waals surface area (Å²) >= 11 is 0. The molecule has 0 unspecified atom stereocenters. The van der Waals surface area contributed by atoms with E-state index in [2.05, 4.69) is 0 Å². The lowest BCUT2D eigenvalue weighted by Crippen LogP contribution is -2.46. The van der Waals surface area contributed by atoms with Crippen molar-refractivity contribution < 1.29 is 32.2 Å². The molecule has 0 radical (unpaired) electrons. The van der Waals surface area contributed by atoms with Gasteiger partial charge in [0.1, 0.15) is 0 Å². The van der Waals surface area contributed by atoms with Gasteiger partial charge in [0.25, 0.3) is 0 Å². The Kier molecular flexibility index (Phi) is 8.08. The van der Waals surface area contributed by atoms with E-state index in [9.17, 15) is 22.8 Å². The molecule has 0 heterocycles. The minimum Gasteiger partial charge on any atom is -0.383 e. The molecule has 0 saturated carbocycles. The first-order valence-electron chi connectivity index (χ1n) is 5.43. The molecule has 0 rings (SSSR count). The van der Waals surface area contributed by atoms with E-state index in [0.717, 1.165) is 0 Å². The molecule has 19 heavy (non-hydrogen) atoms. The maximum absolute atomic E-state index is 11.9. The van der Waals surface area contributed by atoms with Crippen LogP contribution in [-0.2, 0) is 19.1 Å². The molecule has 0 spiro atoms. The summed E-state index contributed by atoms with van der Waals surface area (Å²) in [7, 11) is 2.87. The predicted molar refractivity (Wildman–Crippen MR) is 59.4 cm³/mol. The third-order valence-electron chi connectivity index (χ3n) is 2.14. The van der Waals surface area contributed by atoms with Crippen molar-refractivity contribution in [1.82, 2.24) is 10.2 Å². The maximum Gasteiger partial charge on any atom is 0.471 e. The Hall–Kier alpha value is -1.35. The van der Waals surface area contributed by atoms with Crippen molar-refractivity contribution in [2.24, 2.45) is 0 Å². The summed E-state index contributed by atoms with van der Waals surface area (Å²) in [5, 5.41) is 1.52. The molecule has 0 bridgehead atoms. The van der Waals surface area contributed by atoms with Crippen molar-refractivity contribution in [3.05, 3.63) is 0 Å². The topological polar surface area (TPSA) is 67.9 Å². The molecule has 0 aliphatic rings. The Morgan fingerprint density at radius 1 is 1.11 bits per heavy atom. The highest BCUT2D eigenvalue weighted by atomic mass is 19.4. The molecule has 0 fully saturated rings. The number of hydrogen-bond acceptors (Lipinski definition) is 4. The molecule has 0 aliphatic carbocycles. The Balaban J connectivity index is 4.26. The van der Waals surface area contributed by atoms with Crippen LogP contribution in [0.1, 0.15) is 0 Å². The van der Waals surface area contributed by atoms with E-state index in [0.29, 0.717) is 0 Å². The third-order valence-corrected chi connectivity index (χ3v) is 2.14. The largest absolute Gasteiger partial charge is 0.471 e. The van der Waals surface area contributed by atoms with E-state index in [1.54, 1.807) is 0 Å². The van der Waals surface area contributed by atoms with Crippen LogP contribution in [0.15, 0.2) is 0 Å². The third kappa shape index (κ3) is 7.62. The molecule has 2 amide bonds. The highest BCUT2D eigenvalue weighted by Gasteiger charge is 2.38. The molecule has 9 heteroatoms. The van der Waals surface area contributed by atoms with Gasteiger partial charge >= 0.3 is 12.1 Å². The molecule has 0 aromatic heterocycles. The molecule has 0 saturated heterocycles. The van der Waals surface area contributed by atoms with Gasteiger partial charge in [0, 0.05) is 27.3 Å². The fraction of sp³-hybridized carbons (Fsp3) is 0.800. The number of hydrogen-bond donors (Lipinski definition) is 1. The van der Waals surface area contributed by atoms with Crippen LogP contribution in [0.5, 0.6) is 0 Å². The number of methoxy groups -OCH3 is 2. The van der Waals surface area contributed by atoms with Crippen LogP contribution in [0.3, 0.4) is 0 Å². The van der Waals surface area contributed by atoms with Gasteiger partial charge < -0.3 is 19.7 Å². The van der Waals surface area contributed by atoms with Crippen LogP contribution >= 0.6 is 0 Å². The van der Waals surface area contributed by atoms with Crippen LogP contribution in [0.25, 0.3) is 0 Å². The number of carbonyl (C=O) groups excluding carboxylic acids is 2. The number of alkyl halides is 3. The number of halogens is 3. The van der Waals surface area contributed by atoms with Crippen molar-refractivity contribution in [1.29, 1.82) is 0 Å². The summed E-state index contributed by atoms with van der Waals surface area (Å²) in [5.41, 5.74) is 0. The molecule has 0 aromatic carbocycles. The van der Waals surface area contributed by atoms with E-state index in [-0.39, 0.29) is 26.3 Å². The Bertz CT molecular complexity index is 289. The van der Waals surface area contributed by atoms with Gasteiger partial charge in [-0.25, -0.2) is 0 Å². The van der Waals surface area contributed by atoms with Crippen molar-refractivity contribution in [3.63, 3.8) is 0 Å². The predicted octanol–water partition coefficient (Wildman–Crippen LogP) is -0.214. The number of rotatable bonds is 8. The molecular weight excluding hydrogens is 269 g/mol. The Morgan fingerprint density at radius 3 is 1.95 bits per heavy atom. The molecule has 0 aliphatic heterocycles. The first-order valence-corrected chi connectivity index (χ1v) is 5.43. The Labute approximate surface area is 108 Å². The zero-order chi connectivity index (χ0) is 14.9. The highest BCUT2D eigenvalue weighted by Crippen LogP contribution is 2.13. The van der Waals surface area contributed by atoms with Crippen molar-refractivity contribution in [2.75, 3.05) is 47.1 Å². The lowest BCUT2D eigenvalue weighted by Gasteiger charge is -2.22. The second kappa shape index (κ2) is 8.70. The number of carbonyl (C=O) groups is 2. The second-order valence-electron chi connectivity index (χ2n) is 3.55. The minimum absolute atomic E-state index is 0.209. The molecule has 0 aromatic rings. The van der Waals surface area contributed by atoms with Gasteiger partial charge in [-0.1, -0.05) is 0 Å². The van der Waals surface area contributed by atoms with Crippen molar-refractivity contribution in [3.8, 4) is 0 Å². The first kappa shape index (κ1) is 17.6. The summed E-state index contributed by atoms with van der Waals surface area (Å²) in [5.74, 6) is -2.77. The van der Waals surface area contributed by atoms with Gasteiger partial charge in [-0.05, 0) is 0 Å². The second-order valence-corrected chi connectivity index (χ2v) is 3.55. The van der Waals surface area contributed by atoms with Crippen LogP contribution in [-0.4, -0.2) is 70.0 Å². The smallest absolute Gasteiger partial charge is 0.383 e. The number of ether oxygens (including phenoxy) is 2. The van der Waals surface area contributed by atoms with Gasteiger partial charge in [0.15, 0.2) is 0 Å². The SMILES string of the molecule is COCCN(CCOC)C(=O)CNC(=O)C(F)(F)F. The van der Waals surface area contributed by atoms with E-state index in [1.807, 2.05) is 0 Å². The zero-order valence-electron chi connectivity index (χ0n) is 10.7. The normalized spacial score (nSPS) is 11.2. The fourth-order valence-electron chi connectivity index (χ4n) is 1.13. The minimum atomic E-state index is -5.00. The quantitative estimate of drug-likeness (QED) is 0.670. The Morgan fingerprint density at radius 2 is 1.58 bits per heavy atom. The number of amides is 2. The summed E-state index contributed by atoms with van der Waals surface area (Å²) < 4.78 is 45.3. The van der Waals surface area contributed by atoms with Gasteiger partial charge in [0.2, 0.25) is 5.91 Å². The number of nitrogens with zero attached hydrogens (tertiary/aromatic N) is 1. The monoisotopic (exact) mass is 286 g/mol. The maximum atomic E-state index is 11.9. The van der Waals surface area contributed by atoms with Crippen molar-refractivity contribution in [2.45, 2.75) is 6.18 Å². The fourth-order valence-corrected chi connectivity index (χ4v) is 1.13. The lowest BCUT2D eigenvalue weighted by atomic mass is 10.4. The summed E-state index contributed by atoms with van der Waals surface area (Å²) in [6.45, 7) is 0.179. The first-order chi connectivity index (χ1) is 8.82. The van der Waals surface area contributed by atoms with Gasteiger partial charge in [-0.3, -0.25) is 9.59 Å². The summed E-state index contributed by atoms with van der Waals surface area (Å²) in [6, 6.07) is 0. The van der Waals surface area contributed by atoms with Crippen molar-refractivity contribution >= 4 is 11.8 Å². The lowest BCUT2D eigenvalue weighted by molar-refractivity contribution is -0.174. The summed E-state index contributed by atoms with van der Waals surface area (Å²) in [4.78, 5) is 23.4.